The van der Waals surface area contributed by atoms with Crippen molar-refractivity contribution in [3.8, 4) is 0 Å². The number of nitrogens with one attached hydrogen (secondary N) is 1. The normalized spacial score (nSPS) is 18.5. The molecule has 0 spiro atoms. The first-order valence-electron chi connectivity index (χ1n) is 7.59. The molecule has 1 saturated heterocycles. The number of aliphatic carboxylic acids is 1. The Kier molecular flexibility index (Phi) is 5.70. The highest BCUT2D eigenvalue weighted by Crippen LogP contribution is 2.19. The zero-order valence-electron chi connectivity index (χ0n) is 12.8. The van der Waals surface area contributed by atoms with E-state index in [1.54, 1.807) is 0 Å². The highest BCUT2D eigenvalue weighted by Gasteiger charge is 2.37. The number of nitrogens with two attached hydrogens (primary N) is 1. The van der Waals surface area contributed by atoms with E-state index in [4.69, 9.17) is 5.73 Å². The van der Waals surface area contributed by atoms with Crippen LogP contribution in [0.2, 0.25) is 0 Å². The summed E-state index contributed by atoms with van der Waals surface area (Å²) in [6.45, 7) is 0.167. The standard InChI is InChI=1S/C16H21N3O4/c17-10-14(20)18-12(9-11-5-2-1-3-6-11)15(21)19-8-4-7-13(19)16(22)23/h1-3,5-6,12-13H,4,7-10,17H2,(H,18,20)(H,22,23)/t12-,13+/m0/s1. The van der Waals surface area contributed by atoms with E-state index in [2.05, 4.69) is 5.32 Å². The summed E-state index contributed by atoms with van der Waals surface area (Å²) in [5, 5.41) is 11.8. The molecule has 1 aliphatic rings. The molecule has 1 aromatic carbocycles. The van der Waals surface area contributed by atoms with Gasteiger partial charge in [-0.25, -0.2) is 4.79 Å². The van der Waals surface area contributed by atoms with Crippen LogP contribution in [0.4, 0.5) is 0 Å². The van der Waals surface area contributed by atoms with Gasteiger partial charge in [0.15, 0.2) is 0 Å². The molecule has 7 heteroatoms. The van der Waals surface area contributed by atoms with Gasteiger partial charge in [0.2, 0.25) is 11.8 Å². The van der Waals surface area contributed by atoms with Crippen LogP contribution in [0.25, 0.3) is 0 Å². The van der Waals surface area contributed by atoms with Gasteiger partial charge in [0.1, 0.15) is 12.1 Å². The molecule has 1 aliphatic heterocycles. The second-order valence-corrected chi connectivity index (χ2v) is 5.54. The molecule has 4 N–H and O–H groups in total. The zero-order chi connectivity index (χ0) is 16.8. The maximum atomic E-state index is 12.7. The Morgan fingerprint density at radius 2 is 2.00 bits per heavy atom. The number of likely N-dealkylation sites (tertiary alicyclic amines) is 1. The monoisotopic (exact) mass is 319 g/mol. The van der Waals surface area contributed by atoms with Crippen molar-refractivity contribution in [2.45, 2.75) is 31.3 Å². The maximum Gasteiger partial charge on any atom is 0.326 e. The van der Waals surface area contributed by atoms with E-state index < -0.39 is 24.0 Å². The van der Waals surface area contributed by atoms with Gasteiger partial charge in [-0.3, -0.25) is 9.59 Å². The molecule has 0 radical (unpaired) electrons. The lowest BCUT2D eigenvalue weighted by atomic mass is 10.0. The molecule has 1 fully saturated rings. The molecule has 2 atom stereocenters. The molecule has 0 aromatic heterocycles. The number of rotatable bonds is 6. The number of carbonyl (C=O) groups is 3. The van der Waals surface area contributed by atoms with Gasteiger partial charge in [0.25, 0.3) is 0 Å². The van der Waals surface area contributed by atoms with Gasteiger partial charge in [-0.05, 0) is 18.4 Å². The molecule has 2 rings (SSSR count). The minimum absolute atomic E-state index is 0.221. The number of carbonyl (C=O) groups excluding carboxylic acids is 2. The Bertz CT molecular complexity index is 576. The Balaban J connectivity index is 2.16. The van der Waals surface area contributed by atoms with Gasteiger partial charge in [-0.15, -0.1) is 0 Å². The van der Waals surface area contributed by atoms with Crippen LogP contribution >= 0.6 is 0 Å². The first-order valence-corrected chi connectivity index (χ1v) is 7.59. The molecule has 1 aromatic rings. The number of amides is 2. The smallest absolute Gasteiger partial charge is 0.326 e. The Morgan fingerprint density at radius 1 is 1.30 bits per heavy atom. The van der Waals surface area contributed by atoms with E-state index in [1.165, 1.54) is 4.90 Å². The number of hydrogen-bond acceptors (Lipinski definition) is 4. The van der Waals surface area contributed by atoms with E-state index in [0.717, 1.165) is 5.56 Å². The van der Waals surface area contributed by atoms with Gasteiger partial charge < -0.3 is 21.1 Å². The van der Waals surface area contributed by atoms with Crippen LogP contribution in [0.1, 0.15) is 18.4 Å². The molecule has 124 valence electrons. The molecule has 0 bridgehead atoms. The van der Waals surface area contributed by atoms with E-state index in [9.17, 15) is 19.5 Å². The van der Waals surface area contributed by atoms with E-state index in [1.807, 2.05) is 30.3 Å². The Labute approximate surface area is 134 Å². The van der Waals surface area contributed by atoms with Crippen LogP contribution in [-0.4, -0.2) is 53.0 Å². The minimum atomic E-state index is -1.01. The van der Waals surface area contributed by atoms with E-state index in [0.29, 0.717) is 25.8 Å². The SMILES string of the molecule is NCC(=O)N[C@@H](Cc1ccccc1)C(=O)N1CCC[C@@H]1C(=O)O. The summed E-state index contributed by atoms with van der Waals surface area (Å²) < 4.78 is 0. The lowest BCUT2D eigenvalue weighted by molar-refractivity contribution is -0.149. The molecule has 23 heavy (non-hydrogen) atoms. The number of benzene rings is 1. The molecule has 7 nitrogen and oxygen atoms in total. The maximum absolute atomic E-state index is 12.7. The highest BCUT2D eigenvalue weighted by atomic mass is 16.4. The van der Waals surface area contributed by atoms with Gasteiger partial charge in [0.05, 0.1) is 6.54 Å². The van der Waals surface area contributed by atoms with Crippen molar-refractivity contribution in [2.24, 2.45) is 5.73 Å². The van der Waals surface area contributed by atoms with E-state index >= 15 is 0 Å². The van der Waals surface area contributed by atoms with Crippen molar-refractivity contribution in [1.29, 1.82) is 0 Å². The van der Waals surface area contributed by atoms with Crippen LogP contribution in [0.5, 0.6) is 0 Å². The second kappa shape index (κ2) is 7.73. The number of carboxylic acid groups (broad SMARTS) is 1. The summed E-state index contributed by atoms with van der Waals surface area (Å²) in [6.07, 6.45) is 1.38. The van der Waals surface area contributed by atoms with Crippen molar-refractivity contribution in [3.05, 3.63) is 35.9 Å². The molecule has 0 saturated carbocycles. The van der Waals surface area contributed by atoms with Crippen LogP contribution in [0.15, 0.2) is 30.3 Å². The fourth-order valence-corrected chi connectivity index (χ4v) is 2.79. The molecule has 0 aliphatic carbocycles. The van der Waals surface area contributed by atoms with Crippen molar-refractivity contribution in [1.82, 2.24) is 10.2 Å². The topological polar surface area (TPSA) is 113 Å². The molecular weight excluding hydrogens is 298 g/mol. The largest absolute Gasteiger partial charge is 0.480 e. The predicted octanol–water partition coefficient (Wildman–Crippen LogP) is -0.252. The first kappa shape index (κ1) is 17.0. The summed E-state index contributed by atoms with van der Waals surface area (Å²) >= 11 is 0. The van der Waals surface area contributed by atoms with Gasteiger partial charge in [-0.2, -0.15) is 0 Å². The van der Waals surface area contributed by atoms with E-state index in [-0.39, 0.29) is 12.5 Å². The van der Waals surface area contributed by atoms with Crippen molar-refractivity contribution < 1.29 is 19.5 Å². The van der Waals surface area contributed by atoms with Crippen LogP contribution in [0, 0.1) is 0 Å². The van der Waals surface area contributed by atoms with Crippen LogP contribution in [0.3, 0.4) is 0 Å². The summed E-state index contributed by atoms with van der Waals surface area (Å²) in [7, 11) is 0. The van der Waals surface area contributed by atoms with Crippen molar-refractivity contribution in [2.75, 3.05) is 13.1 Å². The third-order valence-corrected chi connectivity index (χ3v) is 3.92. The first-order chi connectivity index (χ1) is 11.0. The predicted molar refractivity (Wildman–Crippen MR) is 83.5 cm³/mol. The zero-order valence-corrected chi connectivity index (χ0v) is 12.8. The number of hydrogen-bond donors (Lipinski definition) is 3. The highest BCUT2D eigenvalue weighted by molar-refractivity contribution is 5.91. The third-order valence-electron chi connectivity index (χ3n) is 3.92. The molecule has 0 unspecified atom stereocenters. The molecular formula is C16H21N3O4. The van der Waals surface area contributed by atoms with Crippen molar-refractivity contribution in [3.63, 3.8) is 0 Å². The summed E-state index contributed by atoms with van der Waals surface area (Å²) in [5.74, 6) is -1.83. The lowest BCUT2D eigenvalue weighted by Gasteiger charge is -2.27. The average molecular weight is 319 g/mol. The van der Waals surface area contributed by atoms with Gasteiger partial charge in [0, 0.05) is 13.0 Å². The fourth-order valence-electron chi connectivity index (χ4n) is 2.79. The summed E-state index contributed by atoms with van der Waals surface area (Å²) in [5.41, 5.74) is 6.20. The van der Waals surface area contributed by atoms with Gasteiger partial charge in [-0.1, -0.05) is 30.3 Å². The summed E-state index contributed by atoms with van der Waals surface area (Å²) in [6, 6.07) is 7.62. The Morgan fingerprint density at radius 3 is 2.61 bits per heavy atom. The average Bonchev–Trinajstić information content (AvgIpc) is 3.04. The second-order valence-electron chi connectivity index (χ2n) is 5.54. The van der Waals surface area contributed by atoms with Crippen LogP contribution < -0.4 is 11.1 Å². The number of carboxylic acids is 1. The van der Waals surface area contributed by atoms with Gasteiger partial charge >= 0.3 is 5.97 Å². The minimum Gasteiger partial charge on any atom is -0.480 e. The lowest BCUT2D eigenvalue weighted by Crippen LogP contribution is -2.53. The quantitative estimate of drug-likeness (QED) is 0.669. The number of nitrogens with zero attached hydrogens (tertiary/aromatic N) is 1. The van der Waals surface area contributed by atoms with Crippen LogP contribution in [-0.2, 0) is 20.8 Å². The molecule has 1 heterocycles. The van der Waals surface area contributed by atoms with Crippen molar-refractivity contribution >= 4 is 17.8 Å². The Hall–Kier alpha value is -2.41. The summed E-state index contributed by atoms with van der Waals surface area (Å²) in [4.78, 5) is 37.0. The molecule has 2 amide bonds. The third kappa shape index (κ3) is 4.29. The fraction of sp³-hybridized carbons (Fsp3) is 0.438.